The Kier molecular flexibility index (Phi) is 3.94. The molecule has 0 aliphatic carbocycles. The van der Waals surface area contributed by atoms with E-state index in [0.29, 0.717) is 23.8 Å². The highest BCUT2D eigenvalue weighted by Crippen LogP contribution is 2.25. The molecule has 5 heterocycles. The van der Waals surface area contributed by atoms with Gasteiger partial charge in [-0.1, -0.05) is 0 Å². The number of aromatic amines is 1. The summed E-state index contributed by atoms with van der Waals surface area (Å²) < 4.78 is 7.13. The smallest absolute Gasteiger partial charge is 0.229 e. The van der Waals surface area contributed by atoms with Crippen molar-refractivity contribution < 1.29 is 4.42 Å². The largest absolute Gasteiger partial charge is 0.470 e. The highest BCUT2D eigenvalue weighted by Gasteiger charge is 2.19. The Morgan fingerprint density at radius 3 is 2.89 bits per heavy atom. The molecule has 4 aromatic rings. The number of hydrogen-bond acceptors (Lipinski definition) is 8. The minimum absolute atomic E-state index is 0.526. The molecule has 1 saturated heterocycles. The second-order valence-corrected chi connectivity index (χ2v) is 6.27. The van der Waals surface area contributed by atoms with Crippen LogP contribution in [0.4, 0.5) is 11.8 Å². The first-order valence-corrected chi connectivity index (χ1v) is 8.84. The van der Waals surface area contributed by atoms with Gasteiger partial charge in [0, 0.05) is 44.6 Å². The molecule has 1 aliphatic rings. The van der Waals surface area contributed by atoms with Gasteiger partial charge in [-0.3, -0.25) is 4.57 Å². The second-order valence-electron chi connectivity index (χ2n) is 6.27. The SMILES string of the molecule is c1c[nH]c(CNc2nc(N3CCNCC3)nc3c2ncn3-c2ccoc2)n1. The fourth-order valence-corrected chi connectivity index (χ4v) is 3.16. The average molecular weight is 365 g/mol. The van der Waals surface area contributed by atoms with Crippen LogP contribution in [0.1, 0.15) is 5.82 Å². The molecule has 10 nitrogen and oxygen atoms in total. The van der Waals surface area contributed by atoms with Crippen LogP contribution in [-0.2, 0) is 6.54 Å². The van der Waals surface area contributed by atoms with Gasteiger partial charge in [-0.05, 0) is 0 Å². The van der Waals surface area contributed by atoms with Crippen molar-refractivity contribution in [2.45, 2.75) is 6.54 Å². The summed E-state index contributed by atoms with van der Waals surface area (Å²) in [6.45, 7) is 4.08. The summed E-state index contributed by atoms with van der Waals surface area (Å²) in [5.41, 5.74) is 2.32. The Labute approximate surface area is 154 Å². The summed E-state index contributed by atoms with van der Waals surface area (Å²) in [4.78, 5) is 23.6. The molecule has 0 unspecified atom stereocenters. The topological polar surface area (TPSA) is 113 Å². The van der Waals surface area contributed by atoms with Crippen LogP contribution in [0.3, 0.4) is 0 Å². The van der Waals surface area contributed by atoms with Gasteiger partial charge in [-0.25, -0.2) is 9.97 Å². The van der Waals surface area contributed by atoms with Gasteiger partial charge in [0.05, 0.1) is 18.5 Å². The maximum atomic E-state index is 5.22. The van der Waals surface area contributed by atoms with Crippen molar-refractivity contribution in [2.75, 3.05) is 36.4 Å². The highest BCUT2D eigenvalue weighted by molar-refractivity contribution is 5.85. The summed E-state index contributed by atoms with van der Waals surface area (Å²) >= 11 is 0. The fraction of sp³-hybridized carbons (Fsp3) is 0.294. The zero-order valence-corrected chi connectivity index (χ0v) is 14.6. The van der Waals surface area contributed by atoms with Gasteiger partial charge in [-0.2, -0.15) is 9.97 Å². The third kappa shape index (κ3) is 2.99. The molecule has 0 bridgehead atoms. The average Bonchev–Trinajstić information content (AvgIpc) is 3.47. The van der Waals surface area contributed by atoms with Gasteiger partial charge in [0.25, 0.3) is 0 Å². The van der Waals surface area contributed by atoms with Crippen molar-refractivity contribution in [2.24, 2.45) is 0 Å². The van der Waals surface area contributed by atoms with E-state index in [9.17, 15) is 0 Å². The van der Waals surface area contributed by atoms with E-state index in [4.69, 9.17) is 14.4 Å². The van der Waals surface area contributed by atoms with Crippen LogP contribution in [0.5, 0.6) is 0 Å². The summed E-state index contributed by atoms with van der Waals surface area (Å²) in [6.07, 6.45) is 8.57. The van der Waals surface area contributed by atoms with Crippen LogP contribution in [0, 0.1) is 0 Å². The van der Waals surface area contributed by atoms with Gasteiger partial charge in [0.2, 0.25) is 5.95 Å². The Bertz CT molecular complexity index is 1020. The molecule has 0 saturated carbocycles. The third-order valence-corrected chi connectivity index (χ3v) is 4.55. The van der Waals surface area contributed by atoms with E-state index >= 15 is 0 Å². The van der Waals surface area contributed by atoms with Gasteiger partial charge in [-0.15, -0.1) is 0 Å². The number of furan rings is 1. The number of fused-ring (bicyclic) bond motifs is 1. The summed E-state index contributed by atoms with van der Waals surface area (Å²) in [7, 11) is 0. The monoisotopic (exact) mass is 365 g/mol. The van der Waals surface area contributed by atoms with E-state index in [1.165, 1.54) is 0 Å². The molecule has 0 aromatic carbocycles. The van der Waals surface area contributed by atoms with Crippen LogP contribution in [0.2, 0.25) is 0 Å². The number of nitrogens with zero attached hydrogens (tertiary/aromatic N) is 6. The van der Waals surface area contributed by atoms with Crippen molar-refractivity contribution in [3.05, 3.63) is 43.1 Å². The number of aromatic nitrogens is 6. The molecular formula is C17H19N9O. The maximum Gasteiger partial charge on any atom is 0.229 e. The van der Waals surface area contributed by atoms with Crippen molar-refractivity contribution in [1.29, 1.82) is 0 Å². The molecule has 1 fully saturated rings. The Hall–Kier alpha value is -3.40. The predicted octanol–water partition coefficient (Wildman–Crippen LogP) is 1.15. The summed E-state index contributed by atoms with van der Waals surface area (Å²) in [5, 5.41) is 6.70. The number of H-pyrrole nitrogens is 1. The van der Waals surface area contributed by atoms with E-state index in [1.807, 2.05) is 10.6 Å². The Morgan fingerprint density at radius 2 is 2.11 bits per heavy atom. The number of imidazole rings is 2. The fourth-order valence-electron chi connectivity index (χ4n) is 3.16. The molecule has 10 heteroatoms. The second kappa shape index (κ2) is 6.72. The van der Waals surface area contributed by atoms with E-state index in [2.05, 4.69) is 30.5 Å². The van der Waals surface area contributed by atoms with Crippen LogP contribution >= 0.6 is 0 Å². The van der Waals surface area contributed by atoms with Gasteiger partial charge >= 0.3 is 0 Å². The minimum Gasteiger partial charge on any atom is -0.470 e. The van der Waals surface area contributed by atoms with Crippen molar-refractivity contribution in [3.8, 4) is 5.69 Å². The molecule has 27 heavy (non-hydrogen) atoms. The quantitative estimate of drug-likeness (QED) is 0.483. The zero-order chi connectivity index (χ0) is 18.1. The number of nitrogens with one attached hydrogen (secondary N) is 3. The third-order valence-electron chi connectivity index (χ3n) is 4.55. The lowest BCUT2D eigenvalue weighted by atomic mass is 10.4. The molecule has 4 aromatic heterocycles. The Balaban J connectivity index is 1.58. The summed E-state index contributed by atoms with van der Waals surface area (Å²) in [5.74, 6) is 2.21. The molecule has 0 atom stereocenters. The number of rotatable bonds is 5. The van der Waals surface area contributed by atoms with E-state index in [1.54, 1.807) is 31.2 Å². The molecule has 3 N–H and O–H groups in total. The molecule has 5 rings (SSSR count). The molecule has 0 amide bonds. The van der Waals surface area contributed by atoms with Crippen LogP contribution < -0.4 is 15.5 Å². The van der Waals surface area contributed by atoms with Crippen molar-refractivity contribution >= 4 is 22.9 Å². The lowest BCUT2D eigenvalue weighted by molar-refractivity contribution is 0.565. The van der Waals surface area contributed by atoms with Crippen LogP contribution in [0.25, 0.3) is 16.9 Å². The number of hydrogen-bond donors (Lipinski definition) is 3. The van der Waals surface area contributed by atoms with E-state index in [0.717, 1.165) is 43.3 Å². The molecule has 1 aliphatic heterocycles. The Morgan fingerprint density at radius 1 is 1.19 bits per heavy atom. The van der Waals surface area contributed by atoms with Gasteiger partial charge < -0.3 is 24.9 Å². The summed E-state index contributed by atoms with van der Waals surface area (Å²) in [6, 6.07) is 1.88. The maximum absolute atomic E-state index is 5.22. The van der Waals surface area contributed by atoms with E-state index in [-0.39, 0.29) is 0 Å². The van der Waals surface area contributed by atoms with Crippen molar-refractivity contribution in [1.82, 2.24) is 34.8 Å². The van der Waals surface area contributed by atoms with Crippen LogP contribution in [-0.4, -0.2) is 55.7 Å². The number of piperazine rings is 1. The van der Waals surface area contributed by atoms with E-state index < -0.39 is 0 Å². The van der Waals surface area contributed by atoms with Crippen molar-refractivity contribution in [3.63, 3.8) is 0 Å². The standard InChI is InChI=1S/C17H19N9O/c1-8-27-10-12(1)26-11-22-14-15(21-9-13-19-2-3-20-13)23-17(24-16(14)26)25-6-4-18-5-7-25/h1-3,8,10-11,18H,4-7,9H2,(H,19,20)(H,21,23,24). The first-order chi connectivity index (χ1) is 13.4. The number of anilines is 2. The first kappa shape index (κ1) is 15.8. The minimum atomic E-state index is 0.526. The molecular weight excluding hydrogens is 346 g/mol. The lowest BCUT2D eigenvalue weighted by Gasteiger charge is -2.27. The van der Waals surface area contributed by atoms with Gasteiger partial charge in [0.1, 0.15) is 18.4 Å². The first-order valence-electron chi connectivity index (χ1n) is 8.84. The highest BCUT2D eigenvalue weighted by atomic mass is 16.3. The zero-order valence-electron chi connectivity index (χ0n) is 14.6. The molecule has 0 radical (unpaired) electrons. The predicted molar refractivity (Wildman–Crippen MR) is 99.9 cm³/mol. The van der Waals surface area contributed by atoms with Gasteiger partial charge in [0.15, 0.2) is 17.0 Å². The lowest BCUT2D eigenvalue weighted by Crippen LogP contribution is -2.44. The molecule has 0 spiro atoms. The van der Waals surface area contributed by atoms with Crippen LogP contribution in [0.15, 0.2) is 41.7 Å². The normalized spacial score (nSPS) is 14.7. The molecule has 138 valence electrons.